The lowest BCUT2D eigenvalue weighted by atomic mass is 10.0. The van der Waals surface area contributed by atoms with E-state index in [0.29, 0.717) is 10.9 Å². The summed E-state index contributed by atoms with van der Waals surface area (Å²) in [5.41, 5.74) is 3.87. The summed E-state index contributed by atoms with van der Waals surface area (Å²) in [4.78, 5) is 24.6. The quantitative estimate of drug-likeness (QED) is 0.518. The van der Waals surface area contributed by atoms with E-state index in [0.717, 1.165) is 32.3 Å². The van der Waals surface area contributed by atoms with Crippen LogP contribution < -0.4 is 5.56 Å². The van der Waals surface area contributed by atoms with Crippen LogP contribution >= 0.6 is 0 Å². The second-order valence-electron chi connectivity index (χ2n) is 6.43. The van der Waals surface area contributed by atoms with E-state index in [1.54, 1.807) is 30.5 Å². The second-order valence-corrected chi connectivity index (χ2v) is 6.43. The van der Waals surface area contributed by atoms with Gasteiger partial charge in [0.1, 0.15) is 11.1 Å². The summed E-state index contributed by atoms with van der Waals surface area (Å²) in [7, 11) is 0. The number of benzene rings is 2. The largest absolute Gasteiger partial charge is 0.464 e. The van der Waals surface area contributed by atoms with Crippen LogP contribution in [0.5, 0.6) is 0 Å². The number of esters is 1. The number of hydrogen-bond acceptors (Lipinski definition) is 6. The lowest BCUT2D eigenvalue weighted by Gasteiger charge is -2.06. The standard InChI is InChI=1S/C20H17N3O4/c1-12-7-16-14(10-26-18(16)8-13(12)2)9-19(24)27-11-23-20(25)15-5-3-4-6-17(15)21-22-23/h3-8,10H,9,11H2,1-2H3. The van der Waals surface area contributed by atoms with Gasteiger partial charge in [-0.3, -0.25) is 9.59 Å². The lowest BCUT2D eigenvalue weighted by molar-refractivity contribution is -0.147. The number of carbonyl (C=O) groups is 1. The van der Waals surface area contributed by atoms with Crippen LogP contribution in [0.4, 0.5) is 0 Å². The third-order valence-electron chi connectivity index (χ3n) is 4.58. The average molecular weight is 363 g/mol. The van der Waals surface area contributed by atoms with Crippen molar-refractivity contribution in [2.75, 3.05) is 0 Å². The summed E-state index contributed by atoms with van der Waals surface area (Å²) in [6.07, 6.45) is 1.61. The normalized spacial score (nSPS) is 11.2. The maximum atomic E-state index is 12.4. The second kappa shape index (κ2) is 6.68. The number of carbonyl (C=O) groups excluding carboxylic acids is 1. The Balaban J connectivity index is 1.50. The van der Waals surface area contributed by atoms with Crippen molar-refractivity contribution < 1.29 is 13.9 Å². The SMILES string of the molecule is Cc1cc2occ(CC(=O)OCn3nnc4ccccc4c3=O)c2cc1C. The predicted octanol–water partition coefficient (Wildman–Crippen LogP) is 2.90. The van der Waals surface area contributed by atoms with Crippen molar-refractivity contribution in [1.29, 1.82) is 0 Å². The van der Waals surface area contributed by atoms with Gasteiger partial charge in [-0.15, -0.1) is 5.10 Å². The summed E-state index contributed by atoms with van der Waals surface area (Å²) in [5.74, 6) is -0.474. The van der Waals surface area contributed by atoms with Crippen LogP contribution in [-0.2, 0) is 22.7 Å². The number of fused-ring (bicyclic) bond motifs is 2. The molecule has 0 saturated carbocycles. The van der Waals surface area contributed by atoms with Gasteiger partial charge >= 0.3 is 5.97 Å². The van der Waals surface area contributed by atoms with E-state index in [9.17, 15) is 9.59 Å². The maximum Gasteiger partial charge on any atom is 0.312 e. The van der Waals surface area contributed by atoms with Crippen LogP contribution in [0.3, 0.4) is 0 Å². The first-order valence-electron chi connectivity index (χ1n) is 8.48. The average Bonchev–Trinajstić information content (AvgIpc) is 3.03. The molecule has 2 aromatic heterocycles. The molecule has 0 atom stereocenters. The molecule has 7 heteroatoms. The monoisotopic (exact) mass is 363 g/mol. The highest BCUT2D eigenvalue weighted by molar-refractivity contribution is 5.86. The maximum absolute atomic E-state index is 12.4. The molecule has 0 N–H and O–H groups in total. The van der Waals surface area contributed by atoms with Gasteiger partial charge in [0.2, 0.25) is 0 Å². The molecule has 0 spiro atoms. The van der Waals surface area contributed by atoms with Gasteiger partial charge in [-0.25, -0.2) is 0 Å². The molecule has 2 heterocycles. The van der Waals surface area contributed by atoms with Crippen LogP contribution in [0.15, 0.2) is 51.9 Å². The van der Waals surface area contributed by atoms with Crippen molar-refractivity contribution in [1.82, 2.24) is 15.0 Å². The minimum atomic E-state index is -0.474. The number of nitrogens with zero attached hydrogens (tertiary/aromatic N) is 3. The molecular weight excluding hydrogens is 346 g/mol. The van der Waals surface area contributed by atoms with E-state index in [1.165, 1.54) is 0 Å². The molecule has 0 radical (unpaired) electrons. The summed E-state index contributed by atoms with van der Waals surface area (Å²) >= 11 is 0. The molecule has 0 saturated heterocycles. The van der Waals surface area contributed by atoms with Crippen molar-refractivity contribution in [3.63, 3.8) is 0 Å². The van der Waals surface area contributed by atoms with Crippen LogP contribution in [0.2, 0.25) is 0 Å². The molecule has 0 fully saturated rings. The van der Waals surface area contributed by atoms with Gasteiger partial charge < -0.3 is 9.15 Å². The number of aromatic nitrogens is 3. The van der Waals surface area contributed by atoms with Crippen molar-refractivity contribution >= 4 is 27.8 Å². The van der Waals surface area contributed by atoms with Crippen molar-refractivity contribution in [3.8, 4) is 0 Å². The van der Waals surface area contributed by atoms with Crippen molar-refractivity contribution in [2.24, 2.45) is 0 Å². The van der Waals surface area contributed by atoms with Crippen LogP contribution in [0.25, 0.3) is 21.9 Å². The molecule has 4 aromatic rings. The first-order valence-corrected chi connectivity index (χ1v) is 8.48. The topological polar surface area (TPSA) is 87.2 Å². The fourth-order valence-corrected chi connectivity index (χ4v) is 2.92. The fourth-order valence-electron chi connectivity index (χ4n) is 2.92. The molecule has 7 nitrogen and oxygen atoms in total. The molecule has 0 aliphatic carbocycles. The molecule has 0 bridgehead atoms. The van der Waals surface area contributed by atoms with E-state index in [4.69, 9.17) is 9.15 Å². The van der Waals surface area contributed by atoms with Gasteiger partial charge in [0, 0.05) is 10.9 Å². The number of rotatable bonds is 4. The Morgan fingerprint density at radius 2 is 1.93 bits per heavy atom. The van der Waals surface area contributed by atoms with E-state index < -0.39 is 5.97 Å². The van der Waals surface area contributed by atoms with Gasteiger partial charge in [0.05, 0.1) is 18.1 Å². The highest BCUT2D eigenvalue weighted by atomic mass is 16.5. The van der Waals surface area contributed by atoms with E-state index in [-0.39, 0.29) is 18.7 Å². The predicted molar refractivity (Wildman–Crippen MR) is 99.3 cm³/mol. The number of aryl methyl sites for hydroxylation is 2. The van der Waals surface area contributed by atoms with E-state index >= 15 is 0 Å². The molecule has 4 rings (SSSR count). The Morgan fingerprint density at radius 1 is 1.15 bits per heavy atom. The van der Waals surface area contributed by atoms with E-state index in [1.807, 2.05) is 26.0 Å². The third kappa shape index (κ3) is 3.19. The smallest absolute Gasteiger partial charge is 0.312 e. The van der Waals surface area contributed by atoms with Gasteiger partial charge in [0.25, 0.3) is 5.56 Å². The Kier molecular flexibility index (Phi) is 4.19. The fraction of sp³-hybridized carbons (Fsp3) is 0.200. The summed E-state index contributed by atoms with van der Waals surface area (Å²) in [5, 5.41) is 9.08. The molecule has 27 heavy (non-hydrogen) atoms. The minimum absolute atomic E-state index is 0.0469. The van der Waals surface area contributed by atoms with Gasteiger partial charge in [-0.2, -0.15) is 4.68 Å². The molecular formula is C20H17N3O4. The summed E-state index contributed by atoms with van der Waals surface area (Å²) in [6.45, 7) is 3.73. The highest BCUT2D eigenvalue weighted by Gasteiger charge is 2.14. The Labute approximate surface area is 154 Å². The third-order valence-corrected chi connectivity index (χ3v) is 4.58. The zero-order valence-electron chi connectivity index (χ0n) is 14.9. The summed E-state index contributed by atoms with van der Waals surface area (Å²) < 4.78 is 11.8. The highest BCUT2D eigenvalue weighted by Crippen LogP contribution is 2.25. The van der Waals surface area contributed by atoms with Crippen LogP contribution in [0, 0.1) is 13.8 Å². The molecule has 0 unspecified atom stereocenters. The minimum Gasteiger partial charge on any atom is -0.464 e. The number of hydrogen-bond donors (Lipinski definition) is 0. The molecule has 0 amide bonds. The number of furan rings is 1. The van der Waals surface area contributed by atoms with Crippen molar-refractivity contribution in [3.05, 3.63) is 69.7 Å². The van der Waals surface area contributed by atoms with Gasteiger partial charge in [0.15, 0.2) is 6.73 Å². The molecule has 0 aliphatic heterocycles. The first kappa shape index (κ1) is 17.0. The zero-order valence-corrected chi connectivity index (χ0v) is 14.9. The van der Waals surface area contributed by atoms with Gasteiger partial charge in [-0.05, 0) is 49.2 Å². The molecule has 136 valence electrons. The number of ether oxygens (including phenoxy) is 1. The zero-order chi connectivity index (χ0) is 19.0. The Morgan fingerprint density at radius 3 is 2.78 bits per heavy atom. The van der Waals surface area contributed by atoms with Crippen molar-refractivity contribution in [2.45, 2.75) is 27.0 Å². The summed E-state index contributed by atoms with van der Waals surface area (Å²) in [6, 6.07) is 10.8. The van der Waals surface area contributed by atoms with Crippen LogP contribution in [0.1, 0.15) is 16.7 Å². The van der Waals surface area contributed by atoms with Gasteiger partial charge in [-0.1, -0.05) is 17.3 Å². The lowest BCUT2D eigenvalue weighted by Crippen LogP contribution is -2.26. The van der Waals surface area contributed by atoms with Crippen LogP contribution in [-0.4, -0.2) is 21.0 Å². The first-order chi connectivity index (χ1) is 13.0. The molecule has 0 aliphatic rings. The Bertz CT molecular complexity index is 1220. The van der Waals surface area contributed by atoms with E-state index in [2.05, 4.69) is 10.3 Å². The Hall–Kier alpha value is -3.48. The molecule has 2 aromatic carbocycles.